The summed E-state index contributed by atoms with van der Waals surface area (Å²) in [6, 6.07) is 6.42. The highest BCUT2D eigenvalue weighted by molar-refractivity contribution is 5.40. The van der Waals surface area contributed by atoms with Crippen LogP contribution in [0.5, 0.6) is 0 Å². The Kier molecular flexibility index (Phi) is 3.98. The molecule has 0 spiro atoms. The molecule has 6 nitrogen and oxygen atoms in total. The Morgan fingerprint density at radius 2 is 1.85 bits per heavy atom. The molecule has 5 rings (SSSR count). The van der Waals surface area contributed by atoms with Crippen molar-refractivity contribution in [2.45, 2.75) is 75.8 Å². The Morgan fingerprint density at radius 1 is 1.00 bits per heavy atom. The van der Waals surface area contributed by atoms with Crippen molar-refractivity contribution >= 4 is 5.82 Å². The Hall–Kier alpha value is -2.24. The minimum atomic E-state index is 0.0373. The van der Waals surface area contributed by atoms with E-state index in [1.807, 2.05) is 6.07 Å². The number of fused-ring (bicyclic) bond motifs is 1. The fourth-order valence-electron chi connectivity index (χ4n) is 4.37. The number of anilines is 1. The maximum Gasteiger partial charge on any atom is 0.267 e. The average Bonchev–Trinajstić information content (AvgIpc) is 3.41. The summed E-state index contributed by atoms with van der Waals surface area (Å²) in [6.07, 6.45) is 9.84. The quantitative estimate of drug-likeness (QED) is 0.917. The van der Waals surface area contributed by atoms with Gasteiger partial charge in [0, 0.05) is 18.0 Å². The van der Waals surface area contributed by atoms with Gasteiger partial charge < -0.3 is 5.32 Å². The first-order valence-electron chi connectivity index (χ1n) is 9.98. The smallest absolute Gasteiger partial charge is 0.267 e. The number of hydrogen-bond acceptors (Lipinski definition) is 5. The van der Waals surface area contributed by atoms with Crippen LogP contribution in [0.3, 0.4) is 0 Å². The predicted octanol–water partition coefficient (Wildman–Crippen LogP) is 3.00. The fourth-order valence-corrected chi connectivity index (χ4v) is 4.37. The van der Waals surface area contributed by atoms with Crippen molar-refractivity contribution in [2.24, 2.45) is 0 Å². The summed E-state index contributed by atoms with van der Waals surface area (Å²) in [6.45, 7) is 0. The van der Waals surface area contributed by atoms with Gasteiger partial charge in [0.2, 0.25) is 0 Å². The number of aryl methyl sites for hydroxylation is 2. The van der Waals surface area contributed by atoms with Gasteiger partial charge in [-0.05, 0) is 75.5 Å². The lowest BCUT2D eigenvalue weighted by atomic mass is 9.91. The molecular weight excluding hydrogens is 326 g/mol. The minimum Gasteiger partial charge on any atom is -0.366 e. The van der Waals surface area contributed by atoms with Crippen molar-refractivity contribution in [2.75, 3.05) is 5.32 Å². The van der Waals surface area contributed by atoms with E-state index in [1.165, 1.54) is 30.5 Å². The van der Waals surface area contributed by atoms with Gasteiger partial charge in [0.1, 0.15) is 5.82 Å². The summed E-state index contributed by atoms with van der Waals surface area (Å²) in [5.41, 5.74) is 3.65. The third-order valence-electron chi connectivity index (χ3n) is 6.06. The highest BCUT2D eigenvalue weighted by atomic mass is 16.1. The third kappa shape index (κ3) is 3.13. The number of nitrogens with zero attached hydrogens (tertiary/aromatic N) is 4. The summed E-state index contributed by atoms with van der Waals surface area (Å²) >= 11 is 0. The van der Waals surface area contributed by atoms with Gasteiger partial charge in [0.25, 0.3) is 5.56 Å². The largest absolute Gasteiger partial charge is 0.366 e. The van der Waals surface area contributed by atoms with Crippen LogP contribution in [0.15, 0.2) is 23.0 Å². The van der Waals surface area contributed by atoms with Crippen LogP contribution < -0.4 is 10.9 Å². The number of rotatable bonds is 4. The van der Waals surface area contributed by atoms with E-state index in [1.54, 1.807) is 10.7 Å². The molecule has 0 aliphatic heterocycles. The summed E-state index contributed by atoms with van der Waals surface area (Å²) < 4.78 is 1.75. The van der Waals surface area contributed by atoms with E-state index >= 15 is 0 Å². The number of hydrogen-bond donors (Lipinski definition) is 1. The van der Waals surface area contributed by atoms with Gasteiger partial charge in [-0.2, -0.15) is 10.2 Å². The Labute approximate surface area is 153 Å². The minimum absolute atomic E-state index is 0.0373. The molecule has 2 aromatic rings. The fraction of sp³-hybridized carbons (Fsp3) is 0.600. The molecule has 0 bridgehead atoms. The van der Waals surface area contributed by atoms with Gasteiger partial charge in [-0.15, -0.1) is 5.10 Å². The molecule has 2 heterocycles. The molecule has 0 amide bonds. The van der Waals surface area contributed by atoms with Crippen LogP contribution in [-0.4, -0.2) is 26.0 Å². The zero-order chi connectivity index (χ0) is 17.5. The van der Waals surface area contributed by atoms with E-state index in [0.29, 0.717) is 12.0 Å². The van der Waals surface area contributed by atoms with Crippen LogP contribution in [0.25, 0.3) is 0 Å². The van der Waals surface area contributed by atoms with Gasteiger partial charge in [-0.25, -0.2) is 4.68 Å². The molecule has 136 valence electrons. The topological polar surface area (TPSA) is 72.7 Å². The van der Waals surface area contributed by atoms with E-state index in [4.69, 9.17) is 0 Å². The molecule has 2 saturated carbocycles. The zero-order valence-corrected chi connectivity index (χ0v) is 15.0. The second-order valence-electron chi connectivity index (χ2n) is 8.02. The maximum absolute atomic E-state index is 12.3. The molecule has 26 heavy (non-hydrogen) atoms. The molecule has 1 N–H and O–H groups in total. The molecule has 3 aliphatic carbocycles. The third-order valence-corrected chi connectivity index (χ3v) is 6.06. The summed E-state index contributed by atoms with van der Waals surface area (Å²) in [7, 11) is 0. The Bertz CT molecular complexity index is 865. The van der Waals surface area contributed by atoms with Crippen molar-refractivity contribution < 1.29 is 0 Å². The SMILES string of the molecule is O=c1ccc(C2CC2)nn1C1CCC(Nc2cc3c(nn2)CCC3)CC1. The lowest BCUT2D eigenvalue weighted by molar-refractivity contribution is 0.301. The van der Waals surface area contributed by atoms with Gasteiger partial charge in [0.05, 0.1) is 17.4 Å². The van der Waals surface area contributed by atoms with E-state index in [0.717, 1.165) is 50.0 Å². The number of nitrogens with one attached hydrogen (secondary N) is 1. The first-order chi connectivity index (χ1) is 12.8. The first-order valence-corrected chi connectivity index (χ1v) is 9.98. The Morgan fingerprint density at radius 3 is 2.65 bits per heavy atom. The van der Waals surface area contributed by atoms with Crippen molar-refractivity contribution in [1.29, 1.82) is 0 Å². The summed E-state index contributed by atoms with van der Waals surface area (Å²) in [4.78, 5) is 12.3. The lowest BCUT2D eigenvalue weighted by Crippen LogP contribution is -2.33. The van der Waals surface area contributed by atoms with Crippen molar-refractivity contribution in [1.82, 2.24) is 20.0 Å². The zero-order valence-electron chi connectivity index (χ0n) is 15.0. The van der Waals surface area contributed by atoms with Crippen molar-refractivity contribution in [3.8, 4) is 0 Å². The van der Waals surface area contributed by atoms with E-state index in [9.17, 15) is 4.79 Å². The van der Waals surface area contributed by atoms with Crippen molar-refractivity contribution in [3.63, 3.8) is 0 Å². The van der Waals surface area contributed by atoms with Gasteiger partial charge in [-0.3, -0.25) is 4.79 Å². The monoisotopic (exact) mass is 351 g/mol. The first kappa shape index (κ1) is 16.0. The normalized spacial score (nSPS) is 25.1. The summed E-state index contributed by atoms with van der Waals surface area (Å²) in [5, 5.41) is 16.9. The molecule has 3 aliphatic rings. The van der Waals surface area contributed by atoms with E-state index in [-0.39, 0.29) is 11.6 Å². The highest BCUT2D eigenvalue weighted by Crippen LogP contribution is 2.39. The molecule has 0 unspecified atom stereocenters. The molecule has 6 heteroatoms. The van der Waals surface area contributed by atoms with Crippen molar-refractivity contribution in [3.05, 3.63) is 45.5 Å². The maximum atomic E-state index is 12.3. The molecule has 0 atom stereocenters. The van der Waals surface area contributed by atoms with E-state index < -0.39 is 0 Å². The Balaban J connectivity index is 1.24. The number of aromatic nitrogens is 4. The van der Waals surface area contributed by atoms with Crippen LogP contribution in [0.4, 0.5) is 5.82 Å². The molecule has 2 fully saturated rings. The van der Waals surface area contributed by atoms with Crippen LogP contribution in [0.2, 0.25) is 0 Å². The van der Waals surface area contributed by atoms with Crippen LogP contribution >= 0.6 is 0 Å². The standard InChI is InChI=1S/C20H25N5O/c26-20-11-10-18(13-4-5-13)24-25(20)16-8-6-15(7-9-16)21-19-12-14-2-1-3-17(14)22-23-19/h10-13,15-16H,1-9H2,(H,21,23). The molecule has 0 aromatic carbocycles. The predicted molar refractivity (Wildman–Crippen MR) is 99.4 cm³/mol. The molecule has 0 radical (unpaired) electrons. The summed E-state index contributed by atoms with van der Waals surface area (Å²) in [5.74, 6) is 1.48. The van der Waals surface area contributed by atoms with Gasteiger partial charge in [0.15, 0.2) is 0 Å². The molecular formula is C20H25N5O. The van der Waals surface area contributed by atoms with Crippen LogP contribution in [-0.2, 0) is 12.8 Å². The van der Waals surface area contributed by atoms with Gasteiger partial charge in [-0.1, -0.05) is 0 Å². The van der Waals surface area contributed by atoms with Gasteiger partial charge >= 0.3 is 0 Å². The lowest BCUT2D eigenvalue weighted by Gasteiger charge is -2.30. The van der Waals surface area contributed by atoms with E-state index in [2.05, 4.69) is 26.7 Å². The average molecular weight is 351 g/mol. The van der Waals surface area contributed by atoms with Crippen LogP contribution in [0.1, 0.15) is 73.9 Å². The highest BCUT2D eigenvalue weighted by Gasteiger charge is 2.28. The van der Waals surface area contributed by atoms with Crippen LogP contribution in [0, 0.1) is 0 Å². The second-order valence-corrected chi connectivity index (χ2v) is 8.02. The molecule has 2 aromatic heterocycles. The molecule has 0 saturated heterocycles. The second kappa shape index (κ2) is 6.49.